The van der Waals surface area contributed by atoms with E-state index in [9.17, 15) is 8.78 Å². The number of rotatable bonds is 1. The highest BCUT2D eigenvalue weighted by atomic mass is 19.1. The van der Waals surface area contributed by atoms with Crippen LogP contribution < -0.4 is 5.66 Å². The summed E-state index contributed by atoms with van der Waals surface area (Å²) in [5, 5.41) is 16.5. The van der Waals surface area contributed by atoms with Gasteiger partial charge in [0, 0.05) is 6.07 Å². The third kappa shape index (κ3) is 1.17. The highest BCUT2D eigenvalue weighted by Crippen LogP contribution is 2.00. The Morgan fingerprint density at radius 3 is 2.20 bits per heavy atom. The number of hydrogen-bond acceptors (Lipinski definition) is 3. The van der Waals surface area contributed by atoms with Gasteiger partial charge < -0.3 is 14.5 Å². The molecule has 1 heterocycles. The van der Waals surface area contributed by atoms with Gasteiger partial charge in [0.1, 0.15) is 0 Å². The van der Waals surface area contributed by atoms with Crippen LogP contribution in [-0.2, 0) is 0 Å². The third-order valence-corrected chi connectivity index (χ3v) is 0.918. The SMILES string of the molecule is OB(O)c1oc(F)cc1F. The van der Waals surface area contributed by atoms with Crippen LogP contribution in [0.2, 0.25) is 0 Å². The summed E-state index contributed by atoms with van der Waals surface area (Å²) in [5.41, 5.74) is -0.808. The average Bonchev–Trinajstić information content (AvgIpc) is 2.10. The first-order valence-electron chi connectivity index (χ1n) is 2.42. The third-order valence-electron chi connectivity index (χ3n) is 0.918. The predicted octanol–water partition coefficient (Wildman–Crippen LogP) is -0.762. The summed E-state index contributed by atoms with van der Waals surface area (Å²) in [6, 6.07) is -0.755. The van der Waals surface area contributed by atoms with Gasteiger partial charge in [-0.05, 0) is 0 Å². The second kappa shape index (κ2) is 2.39. The fourth-order valence-corrected chi connectivity index (χ4v) is 0.530. The molecule has 0 fully saturated rings. The Balaban J connectivity index is 3.03. The van der Waals surface area contributed by atoms with Crippen LogP contribution in [0.4, 0.5) is 8.78 Å². The van der Waals surface area contributed by atoms with Gasteiger partial charge in [-0.2, -0.15) is 4.39 Å². The molecular formula is C4H3BF2O3. The summed E-state index contributed by atoms with van der Waals surface area (Å²) in [6.07, 6.45) is 0. The lowest BCUT2D eigenvalue weighted by atomic mass is 9.88. The van der Waals surface area contributed by atoms with Crippen molar-refractivity contribution in [2.24, 2.45) is 0 Å². The minimum Gasteiger partial charge on any atom is -0.437 e. The molecule has 2 N–H and O–H groups in total. The molecule has 0 saturated carbocycles. The first-order valence-corrected chi connectivity index (χ1v) is 2.42. The second-order valence-electron chi connectivity index (χ2n) is 1.64. The van der Waals surface area contributed by atoms with Crippen LogP contribution in [0, 0.1) is 11.8 Å². The first-order chi connectivity index (χ1) is 4.61. The van der Waals surface area contributed by atoms with Crippen molar-refractivity contribution in [3.8, 4) is 0 Å². The van der Waals surface area contributed by atoms with Gasteiger partial charge in [0.2, 0.25) is 0 Å². The minimum absolute atomic E-state index is 0.425. The molecule has 0 aliphatic heterocycles. The summed E-state index contributed by atoms with van der Waals surface area (Å²) in [6.45, 7) is 0. The fourth-order valence-electron chi connectivity index (χ4n) is 0.530. The summed E-state index contributed by atoms with van der Waals surface area (Å²) in [5.74, 6) is -1.10. The summed E-state index contributed by atoms with van der Waals surface area (Å²) >= 11 is 0. The Morgan fingerprint density at radius 2 is 2.00 bits per heavy atom. The summed E-state index contributed by atoms with van der Waals surface area (Å²) in [4.78, 5) is 0. The van der Waals surface area contributed by atoms with Crippen molar-refractivity contribution in [3.05, 3.63) is 17.9 Å². The lowest BCUT2D eigenvalue weighted by Gasteiger charge is -1.89. The molecule has 0 spiro atoms. The first kappa shape index (κ1) is 7.23. The van der Waals surface area contributed by atoms with Crippen molar-refractivity contribution in [3.63, 3.8) is 0 Å². The average molecular weight is 148 g/mol. The molecule has 1 rings (SSSR count). The predicted molar refractivity (Wildman–Crippen MR) is 28.4 cm³/mol. The Bertz CT molecular complexity index is 234. The molecule has 0 bridgehead atoms. The van der Waals surface area contributed by atoms with Crippen LogP contribution in [0.1, 0.15) is 0 Å². The zero-order chi connectivity index (χ0) is 7.72. The maximum atomic E-state index is 12.2. The monoisotopic (exact) mass is 148 g/mol. The molecule has 0 aliphatic carbocycles. The van der Waals surface area contributed by atoms with Gasteiger partial charge in [-0.1, -0.05) is 0 Å². The number of furan rings is 1. The molecule has 3 nitrogen and oxygen atoms in total. The molecule has 1 aromatic heterocycles. The Hall–Kier alpha value is -0.875. The van der Waals surface area contributed by atoms with Gasteiger partial charge in [-0.15, -0.1) is 0 Å². The molecule has 0 atom stereocenters. The number of halogens is 2. The topological polar surface area (TPSA) is 53.6 Å². The normalized spacial score (nSPS) is 10.0. The van der Waals surface area contributed by atoms with Crippen molar-refractivity contribution in [2.75, 3.05) is 0 Å². The van der Waals surface area contributed by atoms with E-state index in [2.05, 4.69) is 4.42 Å². The minimum atomic E-state index is -2.11. The van der Waals surface area contributed by atoms with Crippen molar-refractivity contribution in [2.45, 2.75) is 0 Å². The van der Waals surface area contributed by atoms with Gasteiger partial charge in [-0.3, -0.25) is 0 Å². The Kier molecular flexibility index (Phi) is 1.73. The highest BCUT2D eigenvalue weighted by Gasteiger charge is 2.22. The van der Waals surface area contributed by atoms with Crippen LogP contribution in [-0.4, -0.2) is 17.2 Å². The molecule has 54 valence electrons. The summed E-state index contributed by atoms with van der Waals surface area (Å²) < 4.78 is 28.1. The molecule has 0 aliphatic rings. The molecular weight excluding hydrogens is 145 g/mol. The van der Waals surface area contributed by atoms with E-state index >= 15 is 0 Å². The Morgan fingerprint density at radius 1 is 1.40 bits per heavy atom. The molecule has 0 unspecified atom stereocenters. The molecule has 1 aromatic rings. The maximum Gasteiger partial charge on any atom is 0.529 e. The van der Waals surface area contributed by atoms with E-state index in [1.807, 2.05) is 0 Å². The lowest BCUT2D eigenvalue weighted by molar-refractivity contribution is 0.350. The van der Waals surface area contributed by atoms with Crippen molar-refractivity contribution in [1.29, 1.82) is 0 Å². The van der Waals surface area contributed by atoms with E-state index in [1.165, 1.54) is 0 Å². The molecule has 0 amide bonds. The van der Waals surface area contributed by atoms with Crippen LogP contribution >= 0.6 is 0 Å². The molecule has 0 saturated heterocycles. The summed E-state index contributed by atoms with van der Waals surface area (Å²) in [7, 11) is -2.11. The van der Waals surface area contributed by atoms with Crippen LogP contribution in [0.15, 0.2) is 10.5 Å². The zero-order valence-corrected chi connectivity index (χ0v) is 4.71. The highest BCUT2D eigenvalue weighted by molar-refractivity contribution is 6.57. The van der Waals surface area contributed by atoms with E-state index in [4.69, 9.17) is 10.0 Å². The maximum absolute atomic E-state index is 12.2. The zero-order valence-electron chi connectivity index (χ0n) is 4.71. The van der Waals surface area contributed by atoms with E-state index in [-0.39, 0.29) is 0 Å². The molecule has 10 heavy (non-hydrogen) atoms. The van der Waals surface area contributed by atoms with Gasteiger partial charge in [0.05, 0.1) is 0 Å². The molecule has 0 radical (unpaired) electrons. The van der Waals surface area contributed by atoms with Gasteiger partial charge in [-0.25, -0.2) is 4.39 Å². The van der Waals surface area contributed by atoms with E-state index in [0.29, 0.717) is 6.07 Å². The molecule has 6 heteroatoms. The molecule has 0 aromatic carbocycles. The van der Waals surface area contributed by atoms with Crippen LogP contribution in [0.25, 0.3) is 0 Å². The van der Waals surface area contributed by atoms with Gasteiger partial charge >= 0.3 is 7.12 Å². The fraction of sp³-hybridized carbons (Fsp3) is 0. The number of hydrogen-bond donors (Lipinski definition) is 2. The largest absolute Gasteiger partial charge is 0.529 e. The van der Waals surface area contributed by atoms with Crippen molar-refractivity contribution >= 4 is 12.8 Å². The van der Waals surface area contributed by atoms with E-state index < -0.39 is 24.6 Å². The van der Waals surface area contributed by atoms with Crippen molar-refractivity contribution < 1.29 is 23.2 Å². The second-order valence-corrected chi connectivity index (χ2v) is 1.64. The van der Waals surface area contributed by atoms with E-state index in [1.54, 1.807) is 0 Å². The van der Waals surface area contributed by atoms with Crippen LogP contribution in [0.3, 0.4) is 0 Å². The Labute approximate surface area is 55.0 Å². The van der Waals surface area contributed by atoms with Gasteiger partial charge in [0.15, 0.2) is 11.5 Å². The quantitative estimate of drug-likeness (QED) is 0.514. The van der Waals surface area contributed by atoms with E-state index in [0.717, 1.165) is 0 Å². The van der Waals surface area contributed by atoms with Crippen LogP contribution in [0.5, 0.6) is 0 Å². The lowest BCUT2D eigenvalue weighted by Crippen LogP contribution is -2.30. The standard InChI is InChI=1S/C4H3BF2O3/c6-2-1-3(7)10-4(2)5(8)9/h1,8-9H. The van der Waals surface area contributed by atoms with Gasteiger partial charge in [0.25, 0.3) is 6.01 Å². The van der Waals surface area contributed by atoms with Crippen molar-refractivity contribution in [1.82, 2.24) is 0 Å². The smallest absolute Gasteiger partial charge is 0.437 e.